The van der Waals surface area contributed by atoms with Crippen LogP contribution in [0.25, 0.3) is 10.9 Å². The Labute approximate surface area is 140 Å². The predicted molar refractivity (Wildman–Crippen MR) is 93.2 cm³/mol. The number of hydrogen-bond acceptors (Lipinski definition) is 4. The smallest absolute Gasteiger partial charge is 0.140 e. The zero-order valence-electron chi connectivity index (χ0n) is 13.6. The Balaban J connectivity index is 1.79. The molecule has 0 spiro atoms. The van der Waals surface area contributed by atoms with Gasteiger partial charge in [0.15, 0.2) is 0 Å². The lowest BCUT2D eigenvalue weighted by molar-refractivity contribution is 0.121. The average Bonchev–Trinajstić information content (AvgIpc) is 2.61. The van der Waals surface area contributed by atoms with E-state index in [0.717, 1.165) is 24.2 Å². The van der Waals surface area contributed by atoms with Crippen LogP contribution < -0.4 is 5.32 Å². The van der Waals surface area contributed by atoms with Crippen LogP contribution in [0.2, 0.25) is 0 Å². The minimum absolute atomic E-state index is 0.324. The molecule has 0 saturated heterocycles. The summed E-state index contributed by atoms with van der Waals surface area (Å²) in [5.41, 5.74) is 2.82. The monoisotopic (exact) mass is 325 g/mol. The number of nitrogens with one attached hydrogen (secondary N) is 1. The van der Waals surface area contributed by atoms with E-state index >= 15 is 0 Å². The Bertz CT molecular complexity index is 817. The number of nitrogens with zero attached hydrogens (tertiary/aromatic N) is 2. The van der Waals surface area contributed by atoms with Crippen molar-refractivity contribution < 1.29 is 9.13 Å². The van der Waals surface area contributed by atoms with Gasteiger partial charge in [-0.15, -0.1) is 0 Å². The largest absolute Gasteiger partial charge is 0.377 e. The summed E-state index contributed by atoms with van der Waals surface area (Å²) in [4.78, 5) is 8.31. The predicted octanol–water partition coefficient (Wildman–Crippen LogP) is 4.31. The molecule has 3 rings (SSSR count). The summed E-state index contributed by atoms with van der Waals surface area (Å²) >= 11 is 0. The second kappa shape index (κ2) is 7.84. The second-order valence-electron chi connectivity index (χ2n) is 5.53. The van der Waals surface area contributed by atoms with Crippen molar-refractivity contribution >= 4 is 16.7 Å². The average molecular weight is 325 g/mol. The first-order chi connectivity index (χ1) is 11.8. The Morgan fingerprint density at radius 2 is 1.88 bits per heavy atom. The highest BCUT2D eigenvalue weighted by Gasteiger charge is 2.09. The number of aromatic nitrogens is 2. The van der Waals surface area contributed by atoms with Gasteiger partial charge in [-0.2, -0.15) is 0 Å². The molecule has 0 amide bonds. The minimum atomic E-state index is -0.324. The van der Waals surface area contributed by atoms with E-state index in [9.17, 15) is 4.39 Å². The topological polar surface area (TPSA) is 47.0 Å². The highest BCUT2D eigenvalue weighted by Crippen LogP contribution is 2.23. The van der Waals surface area contributed by atoms with E-state index in [4.69, 9.17) is 4.74 Å². The lowest BCUT2D eigenvalue weighted by Gasteiger charge is -2.12. The molecule has 0 aliphatic carbocycles. The molecule has 1 heterocycles. The fourth-order valence-electron chi connectivity index (χ4n) is 2.58. The van der Waals surface area contributed by atoms with Gasteiger partial charge in [0.1, 0.15) is 18.0 Å². The van der Waals surface area contributed by atoms with E-state index < -0.39 is 0 Å². The highest BCUT2D eigenvalue weighted by atomic mass is 19.1. The van der Waals surface area contributed by atoms with E-state index in [-0.39, 0.29) is 5.82 Å². The summed E-state index contributed by atoms with van der Waals surface area (Å²) in [6, 6.07) is 12.9. The summed E-state index contributed by atoms with van der Waals surface area (Å²) < 4.78 is 19.8. The number of hydrogen-bond donors (Lipinski definition) is 1. The fourth-order valence-corrected chi connectivity index (χ4v) is 2.58. The van der Waals surface area contributed by atoms with Crippen molar-refractivity contribution in [3.8, 4) is 0 Å². The molecule has 1 aromatic heterocycles. The van der Waals surface area contributed by atoms with Gasteiger partial charge >= 0.3 is 0 Å². The molecule has 0 atom stereocenters. The molecule has 0 radical (unpaired) electrons. The highest BCUT2D eigenvalue weighted by molar-refractivity contribution is 5.89. The van der Waals surface area contributed by atoms with E-state index in [0.29, 0.717) is 29.9 Å². The third kappa shape index (κ3) is 3.68. The number of rotatable bonds is 7. The van der Waals surface area contributed by atoms with Gasteiger partial charge in [0.05, 0.1) is 17.5 Å². The Hall–Kier alpha value is -2.53. The summed E-state index contributed by atoms with van der Waals surface area (Å²) in [7, 11) is 0. The van der Waals surface area contributed by atoms with E-state index in [1.54, 1.807) is 12.1 Å². The van der Waals surface area contributed by atoms with Gasteiger partial charge in [-0.25, -0.2) is 14.4 Å². The van der Waals surface area contributed by atoms with Crippen LogP contribution in [-0.2, 0) is 17.9 Å². The molecule has 0 unspecified atom stereocenters. The molecule has 2 aromatic carbocycles. The third-order valence-corrected chi connectivity index (χ3v) is 3.78. The zero-order valence-corrected chi connectivity index (χ0v) is 13.6. The standard InChI is InChI=1S/C19H20FN3O/c1-2-10-24-12-15-7-4-3-6-14(15)11-21-19-18-16(20)8-5-9-17(18)22-13-23-19/h3-9,13H,2,10-12H2,1H3,(H,21,22,23). The number of anilines is 1. The van der Waals surface area contributed by atoms with Gasteiger partial charge in [-0.05, 0) is 29.7 Å². The molecule has 0 saturated carbocycles. The van der Waals surface area contributed by atoms with Crippen LogP contribution in [0.5, 0.6) is 0 Å². The van der Waals surface area contributed by atoms with Crippen molar-refractivity contribution in [2.24, 2.45) is 0 Å². The minimum Gasteiger partial charge on any atom is -0.377 e. The molecule has 5 heteroatoms. The molecular formula is C19H20FN3O. The summed E-state index contributed by atoms with van der Waals surface area (Å²) in [5, 5.41) is 3.65. The van der Waals surface area contributed by atoms with Gasteiger partial charge in [-0.3, -0.25) is 0 Å². The molecule has 0 fully saturated rings. The molecule has 0 aliphatic heterocycles. The first kappa shape index (κ1) is 16.3. The molecule has 4 nitrogen and oxygen atoms in total. The molecule has 124 valence electrons. The Morgan fingerprint density at radius 3 is 2.71 bits per heavy atom. The second-order valence-corrected chi connectivity index (χ2v) is 5.53. The fraction of sp³-hybridized carbons (Fsp3) is 0.263. The Morgan fingerprint density at radius 1 is 1.04 bits per heavy atom. The van der Waals surface area contributed by atoms with Crippen LogP contribution in [-0.4, -0.2) is 16.6 Å². The van der Waals surface area contributed by atoms with Gasteiger partial charge in [0.25, 0.3) is 0 Å². The van der Waals surface area contributed by atoms with Gasteiger partial charge in [0.2, 0.25) is 0 Å². The maximum atomic E-state index is 14.1. The summed E-state index contributed by atoms with van der Waals surface area (Å²) in [6.07, 6.45) is 2.44. The van der Waals surface area contributed by atoms with Gasteiger partial charge in [0, 0.05) is 13.2 Å². The number of ether oxygens (including phenoxy) is 1. The van der Waals surface area contributed by atoms with Crippen molar-refractivity contribution in [3.05, 3.63) is 65.7 Å². The van der Waals surface area contributed by atoms with Gasteiger partial charge < -0.3 is 10.1 Å². The molecule has 0 bridgehead atoms. The summed E-state index contributed by atoms with van der Waals surface area (Å²) in [5.74, 6) is 0.178. The quantitative estimate of drug-likeness (QED) is 0.658. The number of fused-ring (bicyclic) bond motifs is 1. The molecule has 3 aromatic rings. The van der Waals surface area contributed by atoms with Crippen molar-refractivity contribution in [1.82, 2.24) is 9.97 Å². The van der Waals surface area contributed by atoms with E-state index in [1.807, 2.05) is 24.3 Å². The van der Waals surface area contributed by atoms with Crippen LogP contribution in [0, 0.1) is 5.82 Å². The SMILES string of the molecule is CCCOCc1ccccc1CNc1ncnc2cccc(F)c12. The first-order valence-corrected chi connectivity index (χ1v) is 8.07. The maximum absolute atomic E-state index is 14.1. The molecular weight excluding hydrogens is 305 g/mol. The molecule has 24 heavy (non-hydrogen) atoms. The van der Waals surface area contributed by atoms with Crippen LogP contribution in [0.3, 0.4) is 0 Å². The van der Waals surface area contributed by atoms with Crippen LogP contribution in [0.4, 0.5) is 10.2 Å². The van der Waals surface area contributed by atoms with Crippen molar-refractivity contribution in [3.63, 3.8) is 0 Å². The van der Waals surface area contributed by atoms with Crippen LogP contribution >= 0.6 is 0 Å². The van der Waals surface area contributed by atoms with E-state index in [2.05, 4.69) is 22.2 Å². The normalized spacial score (nSPS) is 10.9. The first-order valence-electron chi connectivity index (χ1n) is 8.07. The third-order valence-electron chi connectivity index (χ3n) is 3.78. The van der Waals surface area contributed by atoms with Crippen molar-refractivity contribution in [2.45, 2.75) is 26.5 Å². The molecule has 1 N–H and O–H groups in total. The van der Waals surface area contributed by atoms with Crippen LogP contribution in [0.15, 0.2) is 48.8 Å². The zero-order chi connectivity index (χ0) is 16.8. The van der Waals surface area contributed by atoms with E-state index in [1.165, 1.54) is 12.4 Å². The Kier molecular flexibility index (Phi) is 5.33. The summed E-state index contributed by atoms with van der Waals surface area (Å²) in [6.45, 7) is 3.95. The lowest BCUT2D eigenvalue weighted by Crippen LogP contribution is -2.07. The van der Waals surface area contributed by atoms with Crippen molar-refractivity contribution in [2.75, 3.05) is 11.9 Å². The van der Waals surface area contributed by atoms with Crippen LogP contribution in [0.1, 0.15) is 24.5 Å². The molecule has 0 aliphatic rings. The van der Waals surface area contributed by atoms with Crippen molar-refractivity contribution in [1.29, 1.82) is 0 Å². The number of halogens is 1. The number of benzene rings is 2. The maximum Gasteiger partial charge on any atom is 0.140 e. The lowest BCUT2D eigenvalue weighted by atomic mass is 10.1. The van der Waals surface area contributed by atoms with Gasteiger partial charge in [-0.1, -0.05) is 37.3 Å².